The summed E-state index contributed by atoms with van der Waals surface area (Å²) in [5.41, 5.74) is 4.28. The predicted octanol–water partition coefficient (Wildman–Crippen LogP) is 4.12. The van der Waals surface area contributed by atoms with Crippen LogP contribution in [0.5, 0.6) is 0 Å². The van der Waals surface area contributed by atoms with Gasteiger partial charge in [0, 0.05) is 62.2 Å². The molecular weight excluding hydrogens is 625 g/mol. The molecule has 0 N–H and O–H groups in total. The zero-order valence-corrected chi connectivity index (χ0v) is 26.0. The van der Waals surface area contributed by atoms with Crippen molar-refractivity contribution in [3.63, 3.8) is 0 Å². The monoisotopic (exact) mass is 659 g/mol. The minimum Gasteiger partial charge on any atom is -0.379 e. The van der Waals surface area contributed by atoms with Crippen molar-refractivity contribution in [2.45, 2.75) is 25.6 Å². The third-order valence-electron chi connectivity index (χ3n) is 7.26. The van der Waals surface area contributed by atoms with Gasteiger partial charge in [-0.2, -0.15) is 4.31 Å². The zero-order chi connectivity index (χ0) is 25.8. The molecule has 8 nitrogen and oxygen atoms in total. The maximum Gasteiger partial charge on any atom is 0.215 e. The summed E-state index contributed by atoms with van der Waals surface area (Å²) in [6, 6.07) is 16.2. The quantitative estimate of drug-likeness (QED) is 0.362. The van der Waals surface area contributed by atoms with Crippen molar-refractivity contribution in [3.05, 3.63) is 82.3 Å². The number of benzene rings is 2. The van der Waals surface area contributed by atoms with Crippen molar-refractivity contribution in [2.75, 3.05) is 50.0 Å². The minimum atomic E-state index is -3.53. The standard InChI is InChI=1S/C27H34BrN5O3S.2ClH/c1-30-21-29-17-26(30)20-32-19-25(15-22-5-3-2-4-6-22)33(18-23-16-24(28)7-8-27(23)32)37(34,35)14-11-31-9-12-36-13-10-31;;/h2-8,16-17,21,25H,9-15,18-20H2,1H3;2*1H/t25-;;/m1../s1. The van der Waals surface area contributed by atoms with Gasteiger partial charge < -0.3 is 14.2 Å². The molecule has 0 bridgehead atoms. The van der Waals surface area contributed by atoms with E-state index in [0.717, 1.165) is 40.1 Å². The molecule has 214 valence electrons. The van der Waals surface area contributed by atoms with Crippen LogP contribution >= 0.6 is 40.7 Å². The summed E-state index contributed by atoms with van der Waals surface area (Å²) in [6.45, 7) is 4.97. The Hall–Kier alpha value is -1.66. The van der Waals surface area contributed by atoms with Crippen LogP contribution in [0.15, 0.2) is 65.5 Å². The van der Waals surface area contributed by atoms with E-state index in [0.29, 0.717) is 45.8 Å². The molecule has 3 aromatic rings. The van der Waals surface area contributed by atoms with E-state index in [-0.39, 0.29) is 36.6 Å². The van der Waals surface area contributed by atoms with Crippen LogP contribution in [0.25, 0.3) is 0 Å². The second-order valence-electron chi connectivity index (χ2n) is 9.81. The van der Waals surface area contributed by atoms with Gasteiger partial charge in [-0.3, -0.25) is 4.90 Å². The lowest BCUT2D eigenvalue weighted by Gasteiger charge is -2.33. The first-order chi connectivity index (χ1) is 17.9. The van der Waals surface area contributed by atoms with Crippen molar-refractivity contribution in [3.8, 4) is 0 Å². The van der Waals surface area contributed by atoms with Crippen molar-refractivity contribution < 1.29 is 13.2 Å². The van der Waals surface area contributed by atoms with Gasteiger partial charge in [0.05, 0.1) is 37.5 Å². The van der Waals surface area contributed by atoms with Crippen LogP contribution in [-0.2, 0) is 41.3 Å². The van der Waals surface area contributed by atoms with E-state index >= 15 is 0 Å². The molecule has 0 saturated carbocycles. The van der Waals surface area contributed by atoms with Crippen LogP contribution in [-0.4, -0.2) is 78.4 Å². The van der Waals surface area contributed by atoms with Crippen LogP contribution in [0.4, 0.5) is 5.69 Å². The van der Waals surface area contributed by atoms with Gasteiger partial charge in [-0.1, -0.05) is 46.3 Å². The number of anilines is 1. The van der Waals surface area contributed by atoms with E-state index in [9.17, 15) is 8.42 Å². The highest BCUT2D eigenvalue weighted by atomic mass is 79.9. The van der Waals surface area contributed by atoms with Crippen LogP contribution in [0.3, 0.4) is 0 Å². The molecule has 0 aliphatic carbocycles. The fraction of sp³-hybridized carbons (Fsp3) is 0.444. The first-order valence-electron chi connectivity index (χ1n) is 12.7. The highest BCUT2D eigenvalue weighted by Crippen LogP contribution is 2.33. The zero-order valence-electron chi connectivity index (χ0n) is 22.0. The van der Waals surface area contributed by atoms with Gasteiger partial charge in [-0.05, 0) is 35.7 Å². The van der Waals surface area contributed by atoms with Crippen LogP contribution in [0, 0.1) is 0 Å². The van der Waals surface area contributed by atoms with Crippen LogP contribution in [0.1, 0.15) is 16.8 Å². The molecule has 1 aromatic heterocycles. The Bertz CT molecular complexity index is 1310. The lowest BCUT2D eigenvalue weighted by Crippen LogP contribution is -2.48. The van der Waals surface area contributed by atoms with E-state index in [4.69, 9.17) is 4.74 Å². The minimum absolute atomic E-state index is 0. The molecule has 1 saturated heterocycles. The number of sulfonamides is 1. The van der Waals surface area contributed by atoms with Gasteiger partial charge in [-0.25, -0.2) is 13.4 Å². The maximum atomic E-state index is 14.0. The Morgan fingerprint density at radius 3 is 2.51 bits per heavy atom. The highest BCUT2D eigenvalue weighted by molar-refractivity contribution is 9.10. The number of hydrogen-bond donors (Lipinski definition) is 0. The Kier molecular flexibility index (Phi) is 11.7. The topological polar surface area (TPSA) is 70.9 Å². The predicted molar refractivity (Wildman–Crippen MR) is 163 cm³/mol. The number of nitrogens with zero attached hydrogens (tertiary/aromatic N) is 5. The largest absolute Gasteiger partial charge is 0.379 e. The highest BCUT2D eigenvalue weighted by Gasteiger charge is 2.36. The fourth-order valence-corrected chi connectivity index (χ4v) is 7.24. The van der Waals surface area contributed by atoms with Gasteiger partial charge in [0.1, 0.15) is 0 Å². The lowest BCUT2D eigenvalue weighted by atomic mass is 10.1. The van der Waals surface area contributed by atoms with Crippen LogP contribution < -0.4 is 4.90 Å². The van der Waals surface area contributed by atoms with E-state index < -0.39 is 10.0 Å². The van der Waals surface area contributed by atoms with Gasteiger partial charge in [0.2, 0.25) is 10.0 Å². The smallest absolute Gasteiger partial charge is 0.215 e. The number of aromatic nitrogens is 2. The third-order valence-corrected chi connectivity index (χ3v) is 9.59. The third kappa shape index (κ3) is 7.97. The summed E-state index contributed by atoms with van der Waals surface area (Å²) in [5.74, 6) is 0.101. The van der Waals surface area contributed by atoms with E-state index in [1.54, 1.807) is 10.6 Å². The van der Waals surface area contributed by atoms with E-state index in [1.165, 1.54) is 0 Å². The Morgan fingerprint density at radius 2 is 1.82 bits per heavy atom. The number of hydrogen-bond acceptors (Lipinski definition) is 6. The molecular formula is C27H36BrCl2N5O3S. The molecule has 0 spiro atoms. The van der Waals surface area contributed by atoms with Gasteiger partial charge in [0.15, 0.2) is 0 Å². The molecule has 39 heavy (non-hydrogen) atoms. The van der Waals surface area contributed by atoms with Crippen molar-refractivity contribution in [1.29, 1.82) is 0 Å². The molecule has 0 unspecified atom stereocenters. The van der Waals surface area contributed by atoms with Gasteiger partial charge in [0.25, 0.3) is 0 Å². The number of fused-ring (bicyclic) bond motifs is 1. The number of aryl methyl sites for hydroxylation is 1. The summed E-state index contributed by atoms with van der Waals surface area (Å²) in [5, 5.41) is 0. The average Bonchev–Trinajstić information content (AvgIpc) is 3.23. The molecule has 5 rings (SSSR count). The van der Waals surface area contributed by atoms with Crippen molar-refractivity contribution in [1.82, 2.24) is 18.8 Å². The summed E-state index contributed by atoms with van der Waals surface area (Å²) in [4.78, 5) is 8.79. The molecule has 1 atom stereocenters. The SMILES string of the molecule is Cl.Cl.Cn1cncc1CN1C[C@@H](Cc2ccccc2)N(S(=O)(=O)CCN2CCOCC2)Cc2cc(Br)ccc21. The number of morpholine rings is 1. The molecule has 1 fully saturated rings. The lowest BCUT2D eigenvalue weighted by molar-refractivity contribution is 0.0406. The van der Waals surface area contributed by atoms with E-state index in [1.807, 2.05) is 42.1 Å². The van der Waals surface area contributed by atoms with Gasteiger partial charge >= 0.3 is 0 Å². The number of halogens is 3. The molecule has 2 aliphatic rings. The molecule has 3 heterocycles. The second kappa shape index (κ2) is 14.3. The Labute approximate surface area is 252 Å². The van der Waals surface area contributed by atoms with Crippen LogP contribution in [0.2, 0.25) is 0 Å². The fourth-order valence-electron chi connectivity index (χ4n) is 5.18. The molecule has 0 amide bonds. The molecule has 12 heteroatoms. The summed E-state index contributed by atoms with van der Waals surface area (Å²) in [7, 11) is -1.54. The van der Waals surface area contributed by atoms with Crippen molar-refractivity contribution in [2.24, 2.45) is 7.05 Å². The summed E-state index contributed by atoms with van der Waals surface area (Å²) in [6.07, 6.45) is 4.33. The van der Waals surface area contributed by atoms with Crippen molar-refractivity contribution >= 4 is 56.5 Å². The summed E-state index contributed by atoms with van der Waals surface area (Å²) >= 11 is 3.61. The normalized spacial score (nSPS) is 18.5. The molecule has 0 radical (unpaired) electrons. The first kappa shape index (κ1) is 31.9. The van der Waals surface area contributed by atoms with Gasteiger partial charge in [-0.15, -0.1) is 24.8 Å². The Morgan fingerprint density at radius 1 is 1.08 bits per heavy atom. The Balaban J connectivity index is 0.00000210. The van der Waals surface area contributed by atoms with E-state index in [2.05, 4.69) is 55.0 Å². The number of ether oxygens (including phenoxy) is 1. The number of imidazole rings is 1. The summed E-state index contributed by atoms with van der Waals surface area (Å²) < 4.78 is 38.1. The molecule has 2 aromatic carbocycles. The average molecular weight is 661 g/mol. The number of rotatable bonds is 8. The first-order valence-corrected chi connectivity index (χ1v) is 15.1. The second-order valence-corrected chi connectivity index (χ2v) is 12.8. The molecule has 2 aliphatic heterocycles. The maximum absolute atomic E-state index is 14.0.